The van der Waals surface area contributed by atoms with Crippen molar-refractivity contribution in [3.8, 4) is 5.75 Å². The van der Waals surface area contributed by atoms with Crippen LogP contribution in [0.5, 0.6) is 5.75 Å². The molecule has 5 nitrogen and oxygen atoms in total. The zero-order valence-electron chi connectivity index (χ0n) is 18.0. The van der Waals surface area contributed by atoms with Gasteiger partial charge in [0.25, 0.3) is 11.7 Å². The molecule has 33 heavy (non-hydrogen) atoms. The van der Waals surface area contributed by atoms with Crippen LogP contribution in [0.25, 0.3) is 5.76 Å². The smallest absolute Gasteiger partial charge is 0.300 e. The maximum atomic E-state index is 13.6. The lowest BCUT2D eigenvalue weighted by Gasteiger charge is -2.25. The van der Waals surface area contributed by atoms with Crippen LogP contribution in [0, 0.1) is 5.82 Å². The van der Waals surface area contributed by atoms with E-state index in [1.807, 2.05) is 13.8 Å². The Kier molecular flexibility index (Phi) is 6.20. The number of carbonyl (C=O) groups excluding carboxylic acids is 2. The molecule has 0 aromatic heterocycles. The minimum Gasteiger partial charge on any atom is -0.507 e. The standard InChI is InChI=1S/C26H21ClFNO4/c1-15(2)33-21-13-5-17(6-14-21)24(30)22-23(16-3-9-19(28)10-4-16)29(26(32)25(22)31)20-11-7-18(27)8-12-20/h3-15,23,30H,1-2H3/b24-22+. The van der Waals surface area contributed by atoms with E-state index in [9.17, 15) is 19.1 Å². The third kappa shape index (κ3) is 4.47. The number of ketones is 1. The third-order valence-corrected chi connectivity index (χ3v) is 5.49. The Balaban J connectivity index is 1.85. The van der Waals surface area contributed by atoms with Gasteiger partial charge in [0.1, 0.15) is 17.3 Å². The van der Waals surface area contributed by atoms with Crippen molar-refractivity contribution in [3.63, 3.8) is 0 Å². The van der Waals surface area contributed by atoms with Gasteiger partial charge in [0.15, 0.2) is 0 Å². The fourth-order valence-electron chi connectivity index (χ4n) is 3.78. The van der Waals surface area contributed by atoms with E-state index in [4.69, 9.17) is 16.3 Å². The average Bonchev–Trinajstić information content (AvgIpc) is 3.05. The second kappa shape index (κ2) is 9.08. The first-order valence-corrected chi connectivity index (χ1v) is 10.7. The highest BCUT2D eigenvalue weighted by Gasteiger charge is 2.46. The highest BCUT2D eigenvalue weighted by atomic mass is 35.5. The Hall–Kier alpha value is -3.64. The first kappa shape index (κ1) is 22.6. The molecule has 0 bridgehead atoms. The molecule has 0 radical (unpaired) electrons. The first-order valence-electron chi connectivity index (χ1n) is 10.4. The Morgan fingerprint density at radius 1 is 0.970 bits per heavy atom. The molecule has 1 amide bonds. The molecule has 1 atom stereocenters. The third-order valence-electron chi connectivity index (χ3n) is 5.23. The number of carbonyl (C=O) groups is 2. The van der Waals surface area contributed by atoms with Crippen LogP contribution in [0.4, 0.5) is 10.1 Å². The maximum Gasteiger partial charge on any atom is 0.300 e. The van der Waals surface area contributed by atoms with Gasteiger partial charge in [-0.25, -0.2) is 4.39 Å². The summed E-state index contributed by atoms with van der Waals surface area (Å²) in [6.45, 7) is 3.80. The molecule has 0 aliphatic carbocycles. The minimum atomic E-state index is -0.946. The summed E-state index contributed by atoms with van der Waals surface area (Å²) in [5.74, 6) is -1.80. The number of amides is 1. The van der Waals surface area contributed by atoms with Crippen molar-refractivity contribution in [2.45, 2.75) is 26.0 Å². The summed E-state index contributed by atoms with van der Waals surface area (Å²) in [5.41, 5.74) is 1.17. The summed E-state index contributed by atoms with van der Waals surface area (Å²) < 4.78 is 19.2. The van der Waals surface area contributed by atoms with Gasteiger partial charge < -0.3 is 9.84 Å². The van der Waals surface area contributed by atoms with Gasteiger partial charge >= 0.3 is 0 Å². The quantitative estimate of drug-likeness (QED) is 0.290. The molecule has 7 heteroatoms. The maximum absolute atomic E-state index is 13.6. The Morgan fingerprint density at radius 3 is 2.15 bits per heavy atom. The van der Waals surface area contributed by atoms with E-state index < -0.39 is 23.5 Å². The lowest BCUT2D eigenvalue weighted by atomic mass is 9.95. The van der Waals surface area contributed by atoms with E-state index in [0.717, 1.165) is 0 Å². The van der Waals surface area contributed by atoms with Crippen molar-refractivity contribution < 1.29 is 23.8 Å². The first-order chi connectivity index (χ1) is 15.8. The fraction of sp³-hybridized carbons (Fsp3) is 0.154. The molecule has 3 aromatic carbocycles. The lowest BCUT2D eigenvalue weighted by molar-refractivity contribution is -0.132. The van der Waals surface area contributed by atoms with Crippen molar-refractivity contribution >= 4 is 34.7 Å². The van der Waals surface area contributed by atoms with Crippen molar-refractivity contribution in [1.29, 1.82) is 0 Å². The molecular formula is C26H21ClFNO4. The fourth-order valence-corrected chi connectivity index (χ4v) is 3.91. The van der Waals surface area contributed by atoms with Crippen LogP contribution in [0.15, 0.2) is 78.4 Å². The van der Waals surface area contributed by atoms with Crippen molar-refractivity contribution in [2.75, 3.05) is 4.90 Å². The lowest BCUT2D eigenvalue weighted by Crippen LogP contribution is -2.29. The number of benzene rings is 3. The summed E-state index contributed by atoms with van der Waals surface area (Å²) in [6, 6.07) is 17.5. The number of hydrogen-bond donors (Lipinski definition) is 1. The second-order valence-corrected chi connectivity index (χ2v) is 8.32. The van der Waals surface area contributed by atoms with Crippen LogP contribution in [-0.4, -0.2) is 22.9 Å². The van der Waals surface area contributed by atoms with Gasteiger partial charge in [0.05, 0.1) is 17.7 Å². The number of aliphatic hydroxyl groups excluding tert-OH is 1. The van der Waals surface area contributed by atoms with Crippen LogP contribution in [0.3, 0.4) is 0 Å². The SMILES string of the molecule is CC(C)Oc1ccc(/C(O)=C2\C(=O)C(=O)N(c3ccc(Cl)cc3)C2c2ccc(F)cc2)cc1. The predicted octanol–water partition coefficient (Wildman–Crippen LogP) is 5.89. The number of anilines is 1. The zero-order chi connectivity index (χ0) is 23.7. The molecule has 1 N–H and O–H groups in total. The van der Waals surface area contributed by atoms with E-state index in [2.05, 4.69) is 0 Å². The van der Waals surface area contributed by atoms with Crippen LogP contribution in [-0.2, 0) is 9.59 Å². The molecule has 168 valence electrons. The van der Waals surface area contributed by atoms with Gasteiger partial charge in [-0.05, 0) is 80.1 Å². The Morgan fingerprint density at radius 2 is 1.58 bits per heavy atom. The van der Waals surface area contributed by atoms with Gasteiger partial charge in [-0.15, -0.1) is 0 Å². The number of halogens is 2. The zero-order valence-corrected chi connectivity index (χ0v) is 18.7. The van der Waals surface area contributed by atoms with Crippen molar-refractivity contribution in [2.24, 2.45) is 0 Å². The second-order valence-electron chi connectivity index (χ2n) is 7.89. The molecule has 0 spiro atoms. The van der Waals surface area contributed by atoms with Gasteiger partial charge in [-0.3, -0.25) is 14.5 Å². The molecule has 1 aliphatic heterocycles. The highest BCUT2D eigenvalue weighted by Crippen LogP contribution is 2.42. The van der Waals surface area contributed by atoms with Crippen LogP contribution in [0.2, 0.25) is 5.02 Å². The number of hydrogen-bond acceptors (Lipinski definition) is 4. The van der Waals surface area contributed by atoms with Crippen LogP contribution >= 0.6 is 11.6 Å². The summed E-state index contributed by atoms with van der Waals surface area (Å²) in [5, 5.41) is 11.6. The van der Waals surface area contributed by atoms with E-state index in [1.165, 1.54) is 29.2 Å². The van der Waals surface area contributed by atoms with Gasteiger partial charge in [0.2, 0.25) is 0 Å². The van der Waals surface area contributed by atoms with Gasteiger partial charge in [-0.1, -0.05) is 23.7 Å². The number of nitrogens with zero attached hydrogens (tertiary/aromatic N) is 1. The van der Waals surface area contributed by atoms with E-state index >= 15 is 0 Å². The van der Waals surface area contributed by atoms with E-state index in [0.29, 0.717) is 27.6 Å². The van der Waals surface area contributed by atoms with Crippen LogP contribution in [0.1, 0.15) is 31.0 Å². The molecule has 0 saturated carbocycles. The number of ether oxygens (including phenoxy) is 1. The molecule has 1 aliphatic rings. The highest BCUT2D eigenvalue weighted by molar-refractivity contribution is 6.51. The Labute approximate surface area is 195 Å². The molecule has 3 aromatic rings. The molecule has 1 unspecified atom stereocenters. The van der Waals surface area contributed by atoms with Gasteiger partial charge in [-0.2, -0.15) is 0 Å². The minimum absolute atomic E-state index is 0.0207. The number of rotatable bonds is 5. The summed E-state index contributed by atoms with van der Waals surface area (Å²) in [6.07, 6.45) is -0.0207. The molecule has 4 rings (SSSR count). The summed E-state index contributed by atoms with van der Waals surface area (Å²) >= 11 is 5.99. The van der Waals surface area contributed by atoms with Gasteiger partial charge in [0, 0.05) is 16.3 Å². The predicted molar refractivity (Wildman–Crippen MR) is 125 cm³/mol. The number of aliphatic hydroxyl groups is 1. The monoisotopic (exact) mass is 465 g/mol. The molecule has 1 heterocycles. The average molecular weight is 466 g/mol. The van der Waals surface area contributed by atoms with Crippen LogP contribution < -0.4 is 9.64 Å². The number of Topliss-reactive ketones (excluding diaryl/α,β-unsaturated/α-hetero) is 1. The molecular weight excluding hydrogens is 445 g/mol. The molecule has 1 fully saturated rings. The normalized spacial score (nSPS) is 17.6. The van der Waals surface area contributed by atoms with E-state index in [1.54, 1.807) is 48.5 Å². The Bertz CT molecular complexity index is 1220. The van der Waals surface area contributed by atoms with Crippen molar-refractivity contribution in [1.82, 2.24) is 0 Å². The van der Waals surface area contributed by atoms with E-state index in [-0.39, 0.29) is 17.4 Å². The largest absolute Gasteiger partial charge is 0.507 e. The molecule has 1 saturated heterocycles. The topological polar surface area (TPSA) is 66.8 Å². The van der Waals surface area contributed by atoms with Crippen molar-refractivity contribution in [3.05, 3.63) is 100 Å². The summed E-state index contributed by atoms with van der Waals surface area (Å²) in [7, 11) is 0. The summed E-state index contributed by atoms with van der Waals surface area (Å²) in [4.78, 5) is 27.5.